The Bertz CT molecular complexity index is 1370. The van der Waals surface area contributed by atoms with E-state index in [2.05, 4.69) is 16.0 Å². The highest BCUT2D eigenvalue weighted by Crippen LogP contribution is 2.30. The number of methoxy groups -OCH3 is 2. The standard InChI is InChI=1S/C23H22N4O4/c1-30-20-9-16-18(10-21(20)31-2)24-13-27(23(16)29)12-22(28)26-8-7-15-14-5-3-4-6-17(14)25-19(15)11-26/h3-6,9-10,13,25H,7-8,11-12H2,1-2H3. The van der Waals surface area contributed by atoms with Crippen molar-refractivity contribution >= 4 is 27.7 Å². The molecule has 5 rings (SSSR count). The minimum atomic E-state index is -0.289. The Morgan fingerprint density at radius 2 is 1.90 bits per heavy atom. The van der Waals surface area contributed by atoms with Gasteiger partial charge in [-0.2, -0.15) is 0 Å². The molecule has 8 heteroatoms. The van der Waals surface area contributed by atoms with Gasteiger partial charge in [0, 0.05) is 29.2 Å². The van der Waals surface area contributed by atoms with Crippen molar-refractivity contribution in [1.82, 2.24) is 19.4 Å². The zero-order valence-corrected chi connectivity index (χ0v) is 17.3. The smallest absolute Gasteiger partial charge is 0.261 e. The minimum absolute atomic E-state index is 0.0638. The number of para-hydroxylation sites is 1. The predicted molar refractivity (Wildman–Crippen MR) is 117 cm³/mol. The first-order chi connectivity index (χ1) is 15.1. The summed E-state index contributed by atoms with van der Waals surface area (Å²) < 4.78 is 11.9. The third kappa shape index (κ3) is 3.20. The van der Waals surface area contributed by atoms with E-state index >= 15 is 0 Å². The van der Waals surface area contributed by atoms with Gasteiger partial charge in [-0.3, -0.25) is 14.2 Å². The van der Waals surface area contributed by atoms with Gasteiger partial charge in [0.1, 0.15) is 6.54 Å². The molecule has 0 aliphatic carbocycles. The molecule has 2 aromatic carbocycles. The van der Waals surface area contributed by atoms with Crippen molar-refractivity contribution in [3.63, 3.8) is 0 Å². The van der Waals surface area contributed by atoms with Crippen molar-refractivity contribution in [2.24, 2.45) is 0 Å². The topological polar surface area (TPSA) is 89.5 Å². The molecule has 0 unspecified atom stereocenters. The quantitative estimate of drug-likeness (QED) is 0.550. The van der Waals surface area contributed by atoms with Gasteiger partial charge in [-0.15, -0.1) is 0 Å². The fourth-order valence-corrected chi connectivity index (χ4v) is 4.25. The number of hydrogen-bond donors (Lipinski definition) is 1. The number of nitrogens with zero attached hydrogens (tertiary/aromatic N) is 3. The third-order valence-electron chi connectivity index (χ3n) is 5.87. The van der Waals surface area contributed by atoms with Gasteiger partial charge in [0.05, 0.1) is 38.0 Å². The number of fused-ring (bicyclic) bond motifs is 4. The summed E-state index contributed by atoms with van der Waals surface area (Å²) in [5.41, 5.74) is 3.61. The van der Waals surface area contributed by atoms with Crippen LogP contribution in [0.25, 0.3) is 21.8 Å². The minimum Gasteiger partial charge on any atom is -0.493 e. The lowest BCUT2D eigenvalue weighted by Crippen LogP contribution is -2.39. The summed E-state index contributed by atoms with van der Waals surface area (Å²) in [5, 5.41) is 1.59. The summed E-state index contributed by atoms with van der Waals surface area (Å²) in [6, 6.07) is 11.4. The number of aromatic nitrogens is 3. The number of hydrogen-bond acceptors (Lipinski definition) is 5. The molecule has 0 saturated carbocycles. The molecule has 158 valence electrons. The number of carbonyl (C=O) groups is 1. The average Bonchev–Trinajstić information content (AvgIpc) is 3.18. The lowest BCUT2D eigenvalue weighted by molar-refractivity contribution is -0.132. The molecule has 4 aromatic rings. The van der Waals surface area contributed by atoms with Crippen LogP contribution >= 0.6 is 0 Å². The maximum absolute atomic E-state index is 13.0. The number of nitrogens with one attached hydrogen (secondary N) is 1. The molecule has 1 amide bonds. The number of amides is 1. The van der Waals surface area contributed by atoms with Crippen LogP contribution in [0.2, 0.25) is 0 Å². The highest BCUT2D eigenvalue weighted by molar-refractivity contribution is 5.86. The maximum Gasteiger partial charge on any atom is 0.261 e. The van der Waals surface area contributed by atoms with E-state index in [1.165, 1.54) is 36.1 Å². The van der Waals surface area contributed by atoms with Crippen molar-refractivity contribution in [3.05, 3.63) is 64.3 Å². The first-order valence-electron chi connectivity index (χ1n) is 10.1. The zero-order chi connectivity index (χ0) is 21.5. The van der Waals surface area contributed by atoms with Gasteiger partial charge >= 0.3 is 0 Å². The first-order valence-corrected chi connectivity index (χ1v) is 10.1. The Hall–Kier alpha value is -3.81. The largest absolute Gasteiger partial charge is 0.493 e. The van der Waals surface area contributed by atoms with Crippen LogP contribution in [0.4, 0.5) is 0 Å². The highest BCUT2D eigenvalue weighted by atomic mass is 16.5. The molecule has 1 N–H and O–H groups in total. The molecule has 2 aromatic heterocycles. The molecule has 0 radical (unpaired) electrons. The van der Waals surface area contributed by atoms with Crippen molar-refractivity contribution in [3.8, 4) is 11.5 Å². The molecular weight excluding hydrogens is 396 g/mol. The summed E-state index contributed by atoms with van der Waals surface area (Å²) in [5.74, 6) is 0.826. The van der Waals surface area contributed by atoms with E-state index in [9.17, 15) is 9.59 Å². The number of H-pyrrole nitrogens is 1. The molecule has 1 aliphatic heterocycles. The highest BCUT2D eigenvalue weighted by Gasteiger charge is 2.24. The van der Waals surface area contributed by atoms with Crippen LogP contribution in [0.15, 0.2) is 47.5 Å². The molecule has 0 atom stereocenters. The van der Waals surface area contributed by atoms with E-state index in [-0.39, 0.29) is 18.0 Å². The van der Waals surface area contributed by atoms with E-state index < -0.39 is 0 Å². The van der Waals surface area contributed by atoms with Crippen molar-refractivity contribution < 1.29 is 14.3 Å². The Balaban J connectivity index is 1.41. The monoisotopic (exact) mass is 418 g/mol. The van der Waals surface area contributed by atoms with Gasteiger partial charge in [-0.05, 0) is 24.1 Å². The van der Waals surface area contributed by atoms with E-state index in [1.807, 2.05) is 18.2 Å². The second kappa shape index (κ2) is 7.46. The first kappa shape index (κ1) is 19.2. The number of rotatable bonds is 4. The molecule has 0 fully saturated rings. The van der Waals surface area contributed by atoms with Gasteiger partial charge in [-0.1, -0.05) is 18.2 Å². The Morgan fingerprint density at radius 3 is 2.71 bits per heavy atom. The number of ether oxygens (including phenoxy) is 2. The Labute approximate surface area is 178 Å². The number of aromatic amines is 1. The van der Waals surface area contributed by atoms with Crippen molar-refractivity contribution in [2.75, 3.05) is 20.8 Å². The van der Waals surface area contributed by atoms with E-state index in [1.54, 1.807) is 17.0 Å². The van der Waals surface area contributed by atoms with Gasteiger partial charge in [0.25, 0.3) is 5.56 Å². The molecule has 31 heavy (non-hydrogen) atoms. The average molecular weight is 418 g/mol. The number of carbonyl (C=O) groups excluding carboxylic acids is 1. The Morgan fingerprint density at radius 1 is 1.13 bits per heavy atom. The second-order valence-electron chi connectivity index (χ2n) is 7.59. The molecule has 0 saturated heterocycles. The van der Waals surface area contributed by atoms with Crippen LogP contribution in [-0.4, -0.2) is 46.1 Å². The van der Waals surface area contributed by atoms with Gasteiger partial charge in [0.2, 0.25) is 5.91 Å². The molecule has 1 aliphatic rings. The molecule has 3 heterocycles. The van der Waals surface area contributed by atoms with Crippen LogP contribution in [0, 0.1) is 0 Å². The van der Waals surface area contributed by atoms with Crippen molar-refractivity contribution in [2.45, 2.75) is 19.5 Å². The molecular formula is C23H22N4O4. The van der Waals surface area contributed by atoms with Crippen LogP contribution in [0.3, 0.4) is 0 Å². The summed E-state index contributed by atoms with van der Waals surface area (Å²) in [4.78, 5) is 35.5. The summed E-state index contributed by atoms with van der Waals surface area (Å²) in [6.45, 7) is 1.06. The van der Waals surface area contributed by atoms with Gasteiger partial charge in [0.15, 0.2) is 11.5 Å². The Kier molecular flexibility index (Phi) is 4.62. The van der Waals surface area contributed by atoms with Gasteiger partial charge < -0.3 is 19.4 Å². The molecule has 0 spiro atoms. The third-order valence-corrected chi connectivity index (χ3v) is 5.87. The fraction of sp³-hybridized carbons (Fsp3) is 0.261. The van der Waals surface area contributed by atoms with Gasteiger partial charge in [-0.25, -0.2) is 4.98 Å². The number of benzene rings is 2. The van der Waals surface area contributed by atoms with E-state index in [0.29, 0.717) is 35.5 Å². The molecule has 8 nitrogen and oxygen atoms in total. The zero-order valence-electron chi connectivity index (χ0n) is 17.3. The van der Waals surface area contributed by atoms with Crippen molar-refractivity contribution in [1.29, 1.82) is 0 Å². The predicted octanol–water partition coefficient (Wildman–Crippen LogP) is 2.48. The summed E-state index contributed by atoms with van der Waals surface area (Å²) in [6.07, 6.45) is 2.19. The van der Waals surface area contributed by atoms with Crippen LogP contribution < -0.4 is 15.0 Å². The normalized spacial score (nSPS) is 13.4. The SMILES string of the molecule is COc1cc2ncn(CC(=O)N3CCc4c([nH]c5ccccc45)C3)c(=O)c2cc1OC. The van der Waals surface area contributed by atoms with Crippen LogP contribution in [-0.2, 0) is 24.3 Å². The lowest BCUT2D eigenvalue weighted by Gasteiger charge is -2.27. The summed E-state index contributed by atoms with van der Waals surface area (Å²) in [7, 11) is 3.04. The second-order valence-corrected chi connectivity index (χ2v) is 7.59. The summed E-state index contributed by atoms with van der Waals surface area (Å²) >= 11 is 0. The van der Waals surface area contributed by atoms with E-state index in [4.69, 9.17) is 9.47 Å². The maximum atomic E-state index is 13.0. The van der Waals surface area contributed by atoms with Crippen LogP contribution in [0.1, 0.15) is 11.3 Å². The van der Waals surface area contributed by atoms with E-state index in [0.717, 1.165) is 17.6 Å². The van der Waals surface area contributed by atoms with Crippen LogP contribution in [0.5, 0.6) is 11.5 Å². The molecule has 0 bridgehead atoms. The fourth-order valence-electron chi connectivity index (χ4n) is 4.25. The lowest BCUT2D eigenvalue weighted by atomic mass is 10.0.